The summed E-state index contributed by atoms with van der Waals surface area (Å²) in [4.78, 5) is 40.4. The summed E-state index contributed by atoms with van der Waals surface area (Å²) in [7, 11) is 1.59. The van der Waals surface area contributed by atoms with Crippen molar-refractivity contribution >= 4 is 16.8 Å². The van der Waals surface area contributed by atoms with Gasteiger partial charge in [-0.2, -0.15) is 0 Å². The Morgan fingerprint density at radius 2 is 1.86 bits per heavy atom. The van der Waals surface area contributed by atoms with Gasteiger partial charge in [0.25, 0.3) is 5.56 Å². The Morgan fingerprint density at radius 1 is 1.14 bits per heavy atom. The second-order valence-corrected chi connectivity index (χ2v) is 8.01. The highest BCUT2D eigenvalue weighted by molar-refractivity contribution is 5.79. The summed E-state index contributed by atoms with van der Waals surface area (Å²) in [6.45, 7) is 5.65. The lowest BCUT2D eigenvalue weighted by molar-refractivity contribution is -0.123. The Kier molecular flexibility index (Phi) is 5.59. The van der Waals surface area contributed by atoms with Gasteiger partial charge in [-0.1, -0.05) is 45.0 Å². The molecule has 1 heterocycles. The van der Waals surface area contributed by atoms with Gasteiger partial charge in [-0.3, -0.25) is 14.2 Å². The molecule has 0 spiro atoms. The summed E-state index contributed by atoms with van der Waals surface area (Å²) in [6, 6.07) is 13.9. The zero-order valence-electron chi connectivity index (χ0n) is 17.0. The largest absolute Gasteiger partial charge is 0.497 e. The van der Waals surface area contributed by atoms with Crippen molar-refractivity contribution in [3.63, 3.8) is 0 Å². The molecule has 2 aromatic carbocycles. The van der Waals surface area contributed by atoms with Gasteiger partial charge in [-0.05, 0) is 35.2 Å². The third kappa shape index (κ3) is 4.39. The van der Waals surface area contributed by atoms with Gasteiger partial charge >= 0.3 is 5.69 Å². The van der Waals surface area contributed by atoms with Crippen molar-refractivity contribution < 1.29 is 9.53 Å². The van der Waals surface area contributed by atoms with E-state index in [4.69, 9.17) is 4.74 Å². The summed E-state index contributed by atoms with van der Waals surface area (Å²) in [5.74, 6) is 0.267. The average Bonchev–Trinajstić information content (AvgIpc) is 2.68. The molecule has 29 heavy (non-hydrogen) atoms. The van der Waals surface area contributed by atoms with Crippen LogP contribution in [0.2, 0.25) is 0 Å². The standard InChI is InChI=1S/C22H25N3O4/c1-22(2,3)19(14-8-7-9-15(12-14)29-4)24-18(26)13-25-20(27)16-10-5-6-11-17(16)23-21(25)28/h5-12,19H,13H2,1-4H3,(H,23,28)(H,24,26). The summed E-state index contributed by atoms with van der Waals surface area (Å²) >= 11 is 0. The molecule has 1 atom stereocenters. The number of hydrogen-bond donors (Lipinski definition) is 2. The normalized spacial score (nSPS) is 12.6. The van der Waals surface area contributed by atoms with Gasteiger partial charge in [0.2, 0.25) is 5.91 Å². The van der Waals surface area contributed by atoms with E-state index < -0.39 is 17.2 Å². The Morgan fingerprint density at radius 3 is 2.55 bits per heavy atom. The summed E-state index contributed by atoms with van der Waals surface area (Å²) in [6.07, 6.45) is 0. The van der Waals surface area contributed by atoms with E-state index in [1.165, 1.54) is 0 Å². The average molecular weight is 395 g/mol. The number of amides is 1. The summed E-state index contributed by atoms with van der Waals surface area (Å²) in [5, 5.41) is 3.33. The zero-order chi connectivity index (χ0) is 21.2. The van der Waals surface area contributed by atoms with E-state index >= 15 is 0 Å². The molecule has 2 N–H and O–H groups in total. The maximum Gasteiger partial charge on any atom is 0.329 e. The molecule has 1 amide bonds. The molecule has 0 saturated carbocycles. The molecule has 0 bridgehead atoms. The van der Waals surface area contributed by atoms with Gasteiger partial charge in [0, 0.05) is 0 Å². The number of carbonyl (C=O) groups is 1. The van der Waals surface area contributed by atoms with Crippen LogP contribution in [0.3, 0.4) is 0 Å². The molecule has 3 aromatic rings. The van der Waals surface area contributed by atoms with Crippen LogP contribution in [-0.4, -0.2) is 22.6 Å². The number of hydrogen-bond acceptors (Lipinski definition) is 4. The monoisotopic (exact) mass is 395 g/mol. The third-order valence-corrected chi connectivity index (χ3v) is 4.79. The number of methoxy groups -OCH3 is 1. The Labute approximate surface area is 168 Å². The van der Waals surface area contributed by atoms with Crippen molar-refractivity contribution in [1.29, 1.82) is 0 Å². The third-order valence-electron chi connectivity index (χ3n) is 4.79. The number of aromatic amines is 1. The minimum Gasteiger partial charge on any atom is -0.497 e. The molecule has 1 aromatic heterocycles. The van der Waals surface area contributed by atoms with Crippen LogP contribution in [0, 0.1) is 5.41 Å². The number of aromatic nitrogens is 2. The van der Waals surface area contributed by atoms with Crippen molar-refractivity contribution in [3.05, 3.63) is 74.9 Å². The quantitative estimate of drug-likeness (QED) is 0.694. The fraction of sp³-hybridized carbons (Fsp3) is 0.318. The lowest BCUT2D eigenvalue weighted by Gasteiger charge is -2.32. The zero-order valence-corrected chi connectivity index (χ0v) is 17.0. The van der Waals surface area contributed by atoms with Gasteiger partial charge in [-0.15, -0.1) is 0 Å². The van der Waals surface area contributed by atoms with Crippen LogP contribution >= 0.6 is 0 Å². The first-order chi connectivity index (χ1) is 13.7. The number of rotatable bonds is 5. The highest BCUT2D eigenvalue weighted by Gasteiger charge is 2.28. The van der Waals surface area contributed by atoms with E-state index in [9.17, 15) is 14.4 Å². The number of nitrogens with zero attached hydrogens (tertiary/aromatic N) is 1. The molecule has 0 aliphatic rings. The molecule has 152 valence electrons. The molecule has 0 aliphatic carbocycles. The smallest absolute Gasteiger partial charge is 0.329 e. The molecule has 3 rings (SSSR count). The number of carbonyl (C=O) groups excluding carboxylic acids is 1. The van der Waals surface area contributed by atoms with Crippen LogP contribution < -0.4 is 21.3 Å². The van der Waals surface area contributed by atoms with Gasteiger partial charge in [0.15, 0.2) is 0 Å². The second kappa shape index (κ2) is 7.95. The summed E-state index contributed by atoms with van der Waals surface area (Å²) < 4.78 is 6.21. The molecule has 0 radical (unpaired) electrons. The second-order valence-electron chi connectivity index (χ2n) is 8.01. The number of nitrogens with one attached hydrogen (secondary N) is 2. The van der Waals surface area contributed by atoms with E-state index in [-0.39, 0.29) is 18.0 Å². The lowest BCUT2D eigenvalue weighted by Crippen LogP contribution is -2.43. The fourth-order valence-electron chi connectivity index (χ4n) is 3.31. The number of ether oxygens (including phenoxy) is 1. The first-order valence-corrected chi connectivity index (χ1v) is 9.36. The predicted octanol–water partition coefficient (Wildman–Crippen LogP) is 2.60. The van der Waals surface area contributed by atoms with Crippen LogP contribution in [-0.2, 0) is 11.3 Å². The van der Waals surface area contributed by atoms with Crippen molar-refractivity contribution in [2.24, 2.45) is 5.41 Å². The number of para-hydroxylation sites is 1. The Balaban J connectivity index is 1.91. The van der Waals surface area contributed by atoms with E-state index in [1.807, 2.05) is 45.0 Å². The maximum absolute atomic E-state index is 12.8. The number of H-pyrrole nitrogens is 1. The molecule has 0 fully saturated rings. The van der Waals surface area contributed by atoms with Gasteiger partial charge < -0.3 is 15.0 Å². The molecule has 1 unspecified atom stereocenters. The molecule has 7 nitrogen and oxygen atoms in total. The van der Waals surface area contributed by atoms with Crippen molar-refractivity contribution in [2.75, 3.05) is 7.11 Å². The van der Waals surface area contributed by atoms with Crippen molar-refractivity contribution in [2.45, 2.75) is 33.4 Å². The van der Waals surface area contributed by atoms with E-state index in [0.29, 0.717) is 16.7 Å². The van der Waals surface area contributed by atoms with E-state index in [2.05, 4.69) is 10.3 Å². The predicted molar refractivity (Wildman–Crippen MR) is 112 cm³/mol. The van der Waals surface area contributed by atoms with Gasteiger partial charge in [0.1, 0.15) is 12.3 Å². The topological polar surface area (TPSA) is 93.2 Å². The number of fused-ring (bicyclic) bond motifs is 1. The van der Waals surface area contributed by atoms with Gasteiger partial charge in [0.05, 0.1) is 24.1 Å². The fourth-order valence-corrected chi connectivity index (χ4v) is 3.31. The maximum atomic E-state index is 12.8. The minimum atomic E-state index is -0.613. The van der Waals surface area contributed by atoms with Crippen LogP contribution in [0.4, 0.5) is 0 Å². The van der Waals surface area contributed by atoms with E-state index in [0.717, 1.165) is 10.1 Å². The molecule has 0 aliphatic heterocycles. The Hall–Kier alpha value is -3.35. The van der Waals surface area contributed by atoms with E-state index in [1.54, 1.807) is 31.4 Å². The first-order valence-electron chi connectivity index (χ1n) is 9.36. The molecular formula is C22H25N3O4. The van der Waals surface area contributed by atoms with Crippen molar-refractivity contribution in [1.82, 2.24) is 14.9 Å². The van der Waals surface area contributed by atoms with Crippen LogP contribution in [0.25, 0.3) is 10.9 Å². The lowest BCUT2D eigenvalue weighted by atomic mass is 9.82. The molecule has 7 heteroatoms. The molecule has 0 saturated heterocycles. The SMILES string of the molecule is COc1cccc(C(NC(=O)Cn2c(=O)[nH]c3ccccc3c2=O)C(C)(C)C)c1. The van der Waals surface area contributed by atoms with Crippen LogP contribution in [0.5, 0.6) is 5.75 Å². The Bertz CT molecular complexity index is 1150. The highest BCUT2D eigenvalue weighted by Crippen LogP contribution is 2.34. The minimum absolute atomic E-state index is 0.303. The first kappa shape index (κ1) is 20.4. The van der Waals surface area contributed by atoms with Crippen LogP contribution in [0.15, 0.2) is 58.1 Å². The van der Waals surface area contributed by atoms with Crippen molar-refractivity contribution in [3.8, 4) is 5.75 Å². The highest BCUT2D eigenvalue weighted by atomic mass is 16.5. The van der Waals surface area contributed by atoms with Gasteiger partial charge in [-0.25, -0.2) is 4.79 Å². The molecular weight excluding hydrogens is 370 g/mol. The van der Waals surface area contributed by atoms with Crippen LogP contribution in [0.1, 0.15) is 32.4 Å². The number of benzene rings is 2. The summed E-state index contributed by atoms with van der Waals surface area (Å²) in [5.41, 5.74) is -0.0817.